The molecule has 2 nitrogen and oxygen atoms in total. The van der Waals surface area contributed by atoms with Gasteiger partial charge in [0, 0.05) is 0 Å². The molecule has 0 aliphatic heterocycles. The van der Waals surface area contributed by atoms with Gasteiger partial charge < -0.3 is 11.5 Å². The molecule has 0 bridgehead atoms. The first-order chi connectivity index (χ1) is 3.13. The molecule has 0 aliphatic carbocycles. The van der Waals surface area contributed by atoms with Gasteiger partial charge in [0.1, 0.15) is 8.64 Å². The van der Waals surface area contributed by atoms with E-state index < -0.39 is 0 Å². The second kappa shape index (κ2) is 5.55. The zero-order chi connectivity index (χ0) is 5.86. The lowest BCUT2D eigenvalue weighted by molar-refractivity contribution is 1.89. The molecule has 0 aromatic heterocycles. The summed E-state index contributed by atoms with van der Waals surface area (Å²) >= 11 is 9.92. The molecule has 0 fully saturated rings. The molecule has 48 valence electrons. The molecule has 0 spiro atoms. The number of hydrogen-bond donors (Lipinski definition) is 2. The first-order valence-electron chi connectivity index (χ1n) is 1.39. The quantitative estimate of drug-likeness (QED) is 0.547. The van der Waals surface area contributed by atoms with Gasteiger partial charge in [0.2, 0.25) is 0 Å². The lowest BCUT2D eigenvalue weighted by Crippen LogP contribution is -2.10. The van der Waals surface area contributed by atoms with Gasteiger partial charge in [0.15, 0.2) is 0 Å². The molecule has 6 heteroatoms. The van der Waals surface area contributed by atoms with E-state index >= 15 is 0 Å². The summed E-state index contributed by atoms with van der Waals surface area (Å²) in [7, 11) is 0. The molecule has 0 radical (unpaired) electrons. The molecular formula is C2H5ClN2S3. The minimum Gasteiger partial charge on any atom is -0.384 e. The summed E-state index contributed by atoms with van der Waals surface area (Å²) in [4.78, 5) is 0. The van der Waals surface area contributed by atoms with E-state index in [1.807, 2.05) is 0 Å². The fraction of sp³-hybridized carbons (Fsp3) is 0. The Balaban J connectivity index is 0. The molecule has 0 unspecified atom stereocenters. The molecular weight excluding hydrogens is 184 g/mol. The van der Waals surface area contributed by atoms with Crippen molar-refractivity contribution in [3.63, 3.8) is 0 Å². The van der Waals surface area contributed by atoms with Gasteiger partial charge in [0.05, 0.1) is 0 Å². The van der Waals surface area contributed by atoms with E-state index in [1.54, 1.807) is 0 Å². The van der Waals surface area contributed by atoms with E-state index in [0.29, 0.717) is 0 Å². The average Bonchev–Trinajstić information content (AvgIpc) is 1.27. The van der Waals surface area contributed by atoms with Crippen molar-refractivity contribution >= 4 is 57.2 Å². The smallest absolute Gasteiger partial charge is 0.138 e. The number of nitrogens with two attached hydrogens (primary N) is 2. The summed E-state index contributed by atoms with van der Waals surface area (Å²) in [6, 6.07) is 0. The first-order valence-corrected chi connectivity index (χ1v) is 3.03. The second-order valence-corrected chi connectivity index (χ2v) is 3.22. The predicted molar refractivity (Wildman–Crippen MR) is 48.4 cm³/mol. The summed E-state index contributed by atoms with van der Waals surface area (Å²) in [6.45, 7) is 0. The molecule has 0 heterocycles. The summed E-state index contributed by atoms with van der Waals surface area (Å²) in [5.41, 5.74) is 10.0. The fourth-order valence-corrected chi connectivity index (χ4v) is 0.994. The molecule has 8 heavy (non-hydrogen) atoms. The highest BCUT2D eigenvalue weighted by Crippen LogP contribution is 1.96. The van der Waals surface area contributed by atoms with E-state index in [0.717, 1.165) is 11.8 Å². The van der Waals surface area contributed by atoms with Crippen LogP contribution in [0.2, 0.25) is 0 Å². The largest absolute Gasteiger partial charge is 0.384 e. The van der Waals surface area contributed by atoms with E-state index in [4.69, 9.17) is 11.5 Å². The minimum absolute atomic E-state index is 0. The van der Waals surface area contributed by atoms with Gasteiger partial charge in [-0.25, -0.2) is 0 Å². The Morgan fingerprint density at radius 3 is 1.38 bits per heavy atom. The summed E-state index contributed by atoms with van der Waals surface area (Å²) in [5.74, 6) is 0. The summed E-state index contributed by atoms with van der Waals surface area (Å²) in [6.07, 6.45) is 0. The highest BCUT2D eigenvalue weighted by atomic mass is 35.5. The van der Waals surface area contributed by atoms with Crippen LogP contribution in [-0.2, 0) is 0 Å². The maximum Gasteiger partial charge on any atom is 0.138 e. The maximum absolute atomic E-state index is 5.02. The number of halogens is 1. The van der Waals surface area contributed by atoms with Gasteiger partial charge in [-0.2, -0.15) is 0 Å². The van der Waals surface area contributed by atoms with E-state index in [-0.39, 0.29) is 21.0 Å². The predicted octanol–water partition coefficient (Wildman–Crippen LogP) is 0.629. The average molecular weight is 189 g/mol. The Labute approximate surface area is 68.8 Å². The van der Waals surface area contributed by atoms with Crippen LogP contribution < -0.4 is 11.5 Å². The molecule has 0 atom stereocenters. The van der Waals surface area contributed by atoms with Gasteiger partial charge in [0.25, 0.3) is 0 Å². The third-order valence-electron chi connectivity index (χ3n) is 0.201. The van der Waals surface area contributed by atoms with Crippen molar-refractivity contribution in [1.82, 2.24) is 0 Å². The molecule has 0 aliphatic rings. The summed E-state index contributed by atoms with van der Waals surface area (Å²) < 4.78 is 0.542. The zero-order valence-electron chi connectivity index (χ0n) is 3.79. The number of rotatable bonds is 0. The van der Waals surface area contributed by atoms with Crippen LogP contribution in [0.5, 0.6) is 0 Å². The molecule has 0 aromatic carbocycles. The van der Waals surface area contributed by atoms with Crippen LogP contribution in [0.4, 0.5) is 0 Å². The van der Waals surface area contributed by atoms with Crippen LogP contribution in [0, 0.1) is 0 Å². The number of thioether (sulfide) groups is 1. The van der Waals surface area contributed by atoms with Crippen molar-refractivity contribution in [2.24, 2.45) is 11.5 Å². The van der Waals surface area contributed by atoms with Crippen molar-refractivity contribution < 1.29 is 0 Å². The molecule has 4 N–H and O–H groups in total. The Bertz CT molecular complexity index is 91.5. The SMILES string of the molecule is Cl.NC(=S)SC(N)=S. The first kappa shape index (κ1) is 11.2. The maximum atomic E-state index is 5.02. The Morgan fingerprint density at radius 2 is 1.38 bits per heavy atom. The fourth-order valence-electron chi connectivity index (χ4n) is 0.0991. The van der Waals surface area contributed by atoms with Crippen molar-refractivity contribution in [3.8, 4) is 0 Å². The van der Waals surface area contributed by atoms with Crippen molar-refractivity contribution in [3.05, 3.63) is 0 Å². The standard InChI is InChI=1S/C2H4N2S3.ClH/c3-1(5)7-2(4)6;/h(H2,3,5)(H2,4,6);1H. The monoisotopic (exact) mass is 188 g/mol. The van der Waals surface area contributed by atoms with Crippen LogP contribution in [0.15, 0.2) is 0 Å². The lowest BCUT2D eigenvalue weighted by Gasteiger charge is -1.88. The highest BCUT2D eigenvalue weighted by molar-refractivity contribution is 8.37. The van der Waals surface area contributed by atoms with Gasteiger partial charge in [-0.3, -0.25) is 0 Å². The van der Waals surface area contributed by atoms with Crippen LogP contribution >= 0.6 is 48.6 Å². The van der Waals surface area contributed by atoms with Gasteiger partial charge in [-0.1, -0.05) is 24.4 Å². The zero-order valence-corrected chi connectivity index (χ0v) is 7.05. The number of hydrogen-bond acceptors (Lipinski definition) is 3. The van der Waals surface area contributed by atoms with Crippen LogP contribution in [-0.4, -0.2) is 8.64 Å². The third kappa shape index (κ3) is 9.65. The van der Waals surface area contributed by atoms with Crippen molar-refractivity contribution in [2.45, 2.75) is 0 Å². The Kier molecular flexibility index (Phi) is 7.81. The van der Waals surface area contributed by atoms with E-state index in [9.17, 15) is 0 Å². The van der Waals surface area contributed by atoms with Crippen molar-refractivity contribution in [2.75, 3.05) is 0 Å². The second-order valence-electron chi connectivity index (χ2n) is 0.740. The van der Waals surface area contributed by atoms with Gasteiger partial charge in [-0.15, -0.1) is 12.4 Å². The molecule has 0 saturated heterocycles. The van der Waals surface area contributed by atoms with Gasteiger partial charge in [-0.05, 0) is 11.8 Å². The van der Waals surface area contributed by atoms with Gasteiger partial charge >= 0.3 is 0 Å². The lowest BCUT2D eigenvalue weighted by atomic mass is 11.5. The Morgan fingerprint density at radius 1 is 1.12 bits per heavy atom. The molecule has 0 amide bonds. The van der Waals surface area contributed by atoms with E-state index in [1.165, 1.54) is 0 Å². The van der Waals surface area contributed by atoms with Crippen LogP contribution in [0.25, 0.3) is 0 Å². The minimum atomic E-state index is 0. The topological polar surface area (TPSA) is 52.0 Å². The number of thiocarbonyl (C=S) groups is 2. The van der Waals surface area contributed by atoms with E-state index in [2.05, 4.69) is 24.4 Å². The Hall–Kier alpha value is 0.420. The third-order valence-corrected chi connectivity index (χ3v) is 1.10. The normalized spacial score (nSPS) is 7.00. The van der Waals surface area contributed by atoms with Crippen LogP contribution in [0.1, 0.15) is 0 Å². The molecule has 0 rings (SSSR count). The van der Waals surface area contributed by atoms with Crippen LogP contribution in [0.3, 0.4) is 0 Å². The molecule has 0 aromatic rings. The summed E-state index contributed by atoms with van der Waals surface area (Å²) in [5, 5.41) is 0. The van der Waals surface area contributed by atoms with Crippen molar-refractivity contribution in [1.29, 1.82) is 0 Å². The highest BCUT2D eigenvalue weighted by Gasteiger charge is 1.89. The molecule has 0 saturated carbocycles.